The highest BCUT2D eigenvalue weighted by molar-refractivity contribution is 5.68. The molecule has 0 aliphatic carbocycles. The molecule has 1 aromatic rings. The van der Waals surface area contributed by atoms with Crippen LogP contribution < -0.4 is 9.62 Å². The maximum atomic E-state index is 10.6. The number of benzene rings is 1. The highest BCUT2D eigenvalue weighted by Crippen LogP contribution is 2.32. The summed E-state index contributed by atoms with van der Waals surface area (Å²) in [6.07, 6.45) is 0.804. The number of rotatable bonds is 7. The average molecular weight is 296 g/mol. The van der Waals surface area contributed by atoms with Crippen LogP contribution in [0.1, 0.15) is 41.0 Å². The Morgan fingerprint density at radius 2 is 1.67 bits per heavy atom. The number of carboxylic acid groups (broad SMARTS) is 1. The van der Waals surface area contributed by atoms with Gasteiger partial charge in [0, 0.05) is 0 Å². The molecule has 0 saturated carbocycles. The van der Waals surface area contributed by atoms with Crippen LogP contribution in [-0.2, 0) is 9.68 Å². The van der Waals surface area contributed by atoms with Crippen molar-refractivity contribution in [2.45, 2.75) is 46.6 Å². The van der Waals surface area contributed by atoms with Gasteiger partial charge in [0.25, 0.3) is 0 Å². The highest BCUT2D eigenvalue weighted by atomic mass is 17.2. The van der Waals surface area contributed by atoms with Crippen LogP contribution in [0.5, 0.6) is 11.5 Å². The molecule has 5 heteroatoms. The molecular weight excluding hydrogens is 272 g/mol. The van der Waals surface area contributed by atoms with Crippen LogP contribution in [0.4, 0.5) is 0 Å². The van der Waals surface area contributed by atoms with E-state index in [-0.39, 0.29) is 5.41 Å². The maximum absolute atomic E-state index is 10.6. The van der Waals surface area contributed by atoms with E-state index >= 15 is 0 Å². The molecule has 1 rings (SSSR count). The molecule has 0 bridgehead atoms. The summed E-state index contributed by atoms with van der Waals surface area (Å²) in [5, 5.41) is 8.66. The van der Waals surface area contributed by atoms with Gasteiger partial charge in [-0.05, 0) is 37.8 Å². The Bertz CT molecular complexity index is 474. The molecule has 1 N–H and O–H groups in total. The largest absolute Gasteiger partial charge is 0.479 e. The van der Waals surface area contributed by atoms with Crippen molar-refractivity contribution in [3.8, 4) is 11.5 Å². The molecule has 0 amide bonds. The Balaban J connectivity index is 2.68. The number of ether oxygens (including phenoxy) is 1. The zero-order valence-electron chi connectivity index (χ0n) is 13.3. The van der Waals surface area contributed by atoms with Crippen LogP contribution >= 0.6 is 0 Å². The van der Waals surface area contributed by atoms with Crippen molar-refractivity contribution in [3.05, 3.63) is 24.3 Å². The Hall–Kier alpha value is -1.75. The van der Waals surface area contributed by atoms with Crippen LogP contribution in [0.25, 0.3) is 0 Å². The van der Waals surface area contributed by atoms with Crippen molar-refractivity contribution in [1.29, 1.82) is 0 Å². The summed E-state index contributed by atoms with van der Waals surface area (Å²) in [6.45, 7) is 9.84. The van der Waals surface area contributed by atoms with E-state index in [1.54, 1.807) is 24.3 Å². The van der Waals surface area contributed by atoms with Gasteiger partial charge in [0.2, 0.25) is 5.75 Å². The van der Waals surface area contributed by atoms with Crippen molar-refractivity contribution < 1.29 is 24.4 Å². The topological polar surface area (TPSA) is 65.0 Å². The van der Waals surface area contributed by atoms with Crippen molar-refractivity contribution in [1.82, 2.24) is 0 Å². The molecule has 0 fully saturated rings. The van der Waals surface area contributed by atoms with Crippen LogP contribution in [0, 0.1) is 5.41 Å². The number of hydrogen-bond acceptors (Lipinski definition) is 4. The van der Waals surface area contributed by atoms with E-state index in [1.165, 1.54) is 0 Å². The Kier molecular flexibility index (Phi) is 5.61. The first kappa shape index (κ1) is 17.3. The van der Waals surface area contributed by atoms with Crippen molar-refractivity contribution in [2.75, 3.05) is 6.61 Å². The summed E-state index contributed by atoms with van der Waals surface area (Å²) >= 11 is 0. The van der Waals surface area contributed by atoms with Gasteiger partial charge < -0.3 is 14.7 Å². The van der Waals surface area contributed by atoms with E-state index in [9.17, 15) is 4.79 Å². The van der Waals surface area contributed by atoms with Crippen LogP contribution in [0.2, 0.25) is 0 Å². The van der Waals surface area contributed by atoms with E-state index < -0.39 is 18.2 Å². The quantitative estimate of drug-likeness (QED) is 0.614. The van der Waals surface area contributed by atoms with Gasteiger partial charge in [0.05, 0.1) is 0 Å². The van der Waals surface area contributed by atoms with Gasteiger partial charge in [-0.2, -0.15) is 4.89 Å². The van der Waals surface area contributed by atoms with Crippen LogP contribution in [0.15, 0.2) is 24.3 Å². The minimum atomic E-state index is -1.04. The lowest BCUT2D eigenvalue weighted by atomic mass is 9.84. The van der Waals surface area contributed by atoms with E-state index in [0.29, 0.717) is 11.5 Å². The molecular formula is C16H24O5. The lowest BCUT2D eigenvalue weighted by Crippen LogP contribution is -2.31. The number of hydrogen-bond donors (Lipinski definition) is 1. The first-order chi connectivity index (χ1) is 9.59. The predicted octanol–water partition coefficient (Wildman–Crippen LogP) is 3.68. The third-order valence-corrected chi connectivity index (χ3v) is 2.51. The molecule has 118 valence electrons. The summed E-state index contributed by atoms with van der Waals surface area (Å²) in [7, 11) is 0. The summed E-state index contributed by atoms with van der Waals surface area (Å²) in [4.78, 5) is 21.4. The molecule has 0 radical (unpaired) electrons. The summed E-state index contributed by atoms with van der Waals surface area (Å²) < 4.78 is 5.16. The molecule has 0 heterocycles. The minimum Gasteiger partial charge on any atom is -0.479 e. The maximum Gasteiger partial charge on any atom is 0.341 e. The monoisotopic (exact) mass is 296 g/mol. The van der Waals surface area contributed by atoms with E-state index in [0.717, 1.165) is 6.42 Å². The van der Waals surface area contributed by atoms with Crippen LogP contribution in [-0.4, -0.2) is 23.3 Å². The number of para-hydroxylation sites is 2. The highest BCUT2D eigenvalue weighted by Gasteiger charge is 2.28. The SMILES string of the molecule is CC(C)(C)CC(C)(C)OOc1ccccc1OCC(=O)O. The molecule has 5 nitrogen and oxygen atoms in total. The third-order valence-electron chi connectivity index (χ3n) is 2.51. The Morgan fingerprint density at radius 1 is 1.10 bits per heavy atom. The predicted molar refractivity (Wildman–Crippen MR) is 79.4 cm³/mol. The molecule has 1 aromatic carbocycles. The summed E-state index contributed by atoms with van der Waals surface area (Å²) in [5.74, 6) is -0.342. The zero-order valence-corrected chi connectivity index (χ0v) is 13.3. The normalized spacial score (nSPS) is 12.0. The molecule has 0 aromatic heterocycles. The fourth-order valence-corrected chi connectivity index (χ4v) is 2.24. The summed E-state index contributed by atoms with van der Waals surface area (Å²) in [5.41, 5.74) is -0.371. The first-order valence-corrected chi connectivity index (χ1v) is 6.88. The van der Waals surface area contributed by atoms with Gasteiger partial charge >= 0.3 is 5.97 Å². The average Bonchev–Trinajstić information content (AvgIpc) is 2.32. The standard InChI is InChI=1S/C16H24O5/c1-15(2,3)11-16(4,5)21-20-13-9-7-6-8-12(13)19-10-14(17)18/h6-9H,10-11H2,1-5H3,(H,17,18). The van der Waals surface area contributed by atoms with Gasteiger partial charge in [0.15, 0.2) is 12.4 Å². The van der Waals surface area contributed by atoms with Gasteiger partial charge in [-0.1, -0.05) is 32.9 Å². The second-order valence-corrected chi connectivity index (χ2v) is 6.79. The van der Waals surface area contributed by atoms with E-state index in [2.05, 4.69) is 20.8 Å². The van der Waals surface area contributed by atoms with Crippen molar-refractivity contribution in [2.24, 2.45) is 5.41 Å². The van der Waals surface area contributed by atoms with E-state index in [1.807, 2.05) is 13.8 Å². The lowest BCUT2D eigenvalue weighted by molar-refractivity contribution is -0.288. The Morgan fingerprint density at radius 3 is 2.19 bits per heavy atom. The van der Waals surface area contributed by atoms with Gasteiger partial charge in [-0.15, -0.1) is 0 Å². The molecule has 0 aliphatic rings. The number of carbonyl (C=O) groups is 1. The minimum absolute atomic E-state index is 0.103. The van der Waals surface area contributed by atoms with Gasteiger partial charge in [-0.3, -0.25) is 0 Å². The Labute approximate surface area is 125 Å². The first-order valence-electron chi connectivity index (χ1n) is 6.88. The molecule has 21 heavy (non-hydrogen) atoms. The second kappa shape index (κ2) is 6.80. The fraction of sp³-hybridized carbons (Fsp3) is 0.562. The second-order valence-electron chi connectivity index (χ2n) is 6.79. The lowest BCUT2D eigenvalue weighted by Gasteiger charge is -2.30. The molecule has 0 unspecified atom stereocenters. The van der Waals surface area contributed by atoms with Gasteiger partial charge in [0.1, 0.15) is 5.60 Å². The molecule has 0 aliphatic heterocycles. The summed E-state index contributed by atoms with van der Waals surface area (Å²) in [6, 6.07) is 6.82. The van der Waals surface area contributed by atoms with Crippen molar-refractivity contribution in [3.63, 3.8) is 0 Å². The van der Waals surface area contributed by atoms with E-state index in [4.69, 9.17) is 19.6 Å². The fourth-order valence-electron chi connectivity index (χ4n) is 2.24. The molecule has 0 atom stereocenters. The van der Waals surface area contributed by atoms with Crippen LogP contribution in [0.3, 0.4) is 0 Å². The zero-order chi connectivity index (χ0) is 16.1. The molecule has 0 saturated heterocycles. The number of aliphatic carboxylic acids is 1. The smallest absolute Gasteiger partial charge is 0.341 e. The third kappa shape index (κ3) is 6.99. The molecule has 0 spiro atoms. The number of carboxylic acids is 1. The van der Waals surface area contributed by atoms with Gasteiger partial charge in [-0.25, -0.2) is 4.79 Å². The van der Waals surface area contributed by atoms with Crippen molar-refractivity contribution >= 4 is 5.97 Å².